The van der Waals surface area contributed by atoms with Crippen molar-refractivity contribution >= 4 is 17.4 Å². The van der Waals surface area contributed by atoms with Crippen molar-refractivity contribution in [3.8, 4) is 5.75 Å². The van der Waals surface area contributed by atoms with Gasteiger partial charge >= 0.3 is 0 Å². The molecular formula is C15H20ClNO2. The second-order valence-corrected chi connectivity index (χ2v) is 5.61. The molecule has 0 radical (unpaired) electrons. The molecule has 1 N–H and O–H groups in total. The van der Waals surface area contributed by atoms with E-state index in [9.17, 15) is 4.79 Å². The number of rotatable bonds is 4. The molecule has 1 aromatic rings. The van der Waals surface area contributed by atoms with Crippen molar-refractivity contribution in [2.24, 2.45) is 11.8 Å². The molecule has 0 bridgehead atoms. The number of ether oxygens (including phenoxy) is 1. The summed E-state index contributed by atoms with van der Waals surface area (Å²) in [6, 6.07) is 5.42. The standard InChI is InChI=1S/C15H20ClNO2/c1-10-9-17-6-5-13(10)14(18)8-11-7-12(16)3-4-15(11)19-2/h3-4,7,10,13,17H,5-6,8-9H2,1-2H3. The molecule has 0 aromatic heterocycles. The monoisotopic (exact) mass is 281 g/mol. The van der Waals surface area contributed by atoms with E-state index in [1.807, 2.05) is 12.1 Å². The van der Waals surface area contributed by atoms with E-state index < -0.39 is 0 Å². The molecule has 104 valence electrons. The smallest absolute Gasteiger partial charge is 0.140 e. The Labute approximate surface area is 119 Å². The molecule has 1 saturated heterocycles. The van der Waals surface area contributed by atoms with Crippen LogP contribution in [-0.4, -0.2) is 26.0 Å². The highest BCUT2D eigenvalue weighted by Gasteiger charge is 2.27. The second-order valence-electron chi connectivity index (χ2n) is 5.18. The second kappa shape index (κ2) is 6.40. The highest BCUT2D eigenvalue weighted by atomic mass is 35.5. The van der Waals surface area contributed by atoms with Gasteiger partial charge in [0.15, 0.2) is 0 Å². The third kappa shape index (κ3) is 3.48. The average Bonchev–Trinajstić information content (AvgIpc) is 2.39. The van der Waals surface area contributed by atoms with E-state index in [0.717, 1.165) is 30.8 Å². The first kappa shape index (κ1) is 14.4. The van der Waals surface area contributed by atoms with Crippen LogP contribution in [0.3, 0.4) is 0 Å². The quantitative estimate of drug-likeness (QED) is 0.922. The first-order valence-corrected chi connectivity index (χ1v) is 7.05. The fraction of sp³-hybridized carbons (Fsp3) is 0.533. The van der Waals surface area contributed by atoms with E-state index in [2.05, 4.69) is 12.2 Å². The Kier molecular flexibility index (Phi) is 4.83. The van der Waals surface area contributed by atoms with E-state index in [1.165, 1.54) is 0 Å². The maximum Gasteiger partial charge on any atom is 0.140 e. The van der Waals surface area contributed by atoms with Crippen LogP contribution < -0.4 is 10.1 Å². The summed E-state index contributed by atoms with van der Waals surface area (Å²) in [4.78, 5) is 12.4. The van der Waals surface area contributed by atoms with Crippen molar-refractivity contribution in [1.82, 2.24) is 5.32 Å². The number of piperidine rings is 1. The van der Waals surface area contributed by atoms with E-state index in [-0.39, 0.29) is 11.7 Å². The fourth-order valence-electron chi connectivity index (χ4n) is 2.70. The normalized spacial score (nSPS) is 23.1. The average molecular weight is 282 g/mol. The van der Waals surface area contributed by atoms with Crippen molar-refractivity contribution in [3.05, 3.63) is 28.8 Å². The Balaban J connectivity index is 2.11. The molecular weight excluding hydrogens is 262 g/mol. The largest absolute Gasteiger partial charge is 0.496 e. The van der Waals surface area contributed by atoms with E-state index in [4.69, 9.17) is 16.3 Å². The predicted molar refractivity (Wildman–Crippen MR) is 76.9 cm³/mol. The van der Waals surface area contributed by atoms with Gasteiger partial charge in [-0.3, -0.25) is 4.79 Å². The van der Waals surface area contributed by atoms with Gasteiger partial charge in [-0.25, -0.2) is 0 Å². The molecule has 19 heavy (non-hydrogen) atoms. The number of carbonyl (C=O) groups excluding carboxylic acids is 1. The number of hydrogen-bond donors (Lipinski definition) is 1. The zero-order valence-corrected chi connectivity index (χ0v) is 12.2. The van der Waals surface area contributed by atoms with Gasteiger partial charge in [-0.2, -0.15) is 0 Å². The lowest BCUT2D eigenvalue weighted by molar-refractivity contribution is -0.124. The van der Waals surface area contributed by atoms with Crippen LogP contribution in [0.2, 0.25) is 5.02 Å². The Hall–Kier alpha value is -1.06. The van der Waals surface area contributed by atoms with Gasteiger partial charge in [0.05, 0.1) is 7.11 Å². The molecule has 2 atom stereocenters. The van der Waals surface area contributed by atoms with Gasteiger partial charge < -0.3 is 10.1 Å². The number of ketones is 1. The third-order valence-corrected chi connectivity index (χ3v) is 4.04. The minimum absolute atomic E-state index is 0.143. The van der Waals surface area contributed by atoms with Crippen LogP contribution in [0.5, 0.6) is 5.75 Å². The first-order chi connectivity index (χ1) is 9.11. The van der Waals surface area contributed by atoms with Gasteiger partial charge in [-0.15, -0.1) is 0 Å². The zero-order valence-electron chi connectivity index (χ0n) is 11.4. The van der Waals surface area contributed by atoms with Crippen LogP contribution in [0.25, 0.3) is 0 Å². The van der Waals surface area contributed by atoms with Crippen LogP contribution in [0.4, 0.5) is 0 Å². The van der Waals surface area contributed by atoms with E-state index in [1.54, 1.807) is 13.2 Å². The molecule has 0 aliphatic carbocycles. The maximum absolute atomic E-state index is 12.4. The fourth-order valence-corrected chi connectivity index (χ4v) is 2.89. The highest BCUT2D eigenvalue weighted by Crippen LogP contribution is 2.27. The van der Waals surface area contributed by atoms with Crippen LogP contribution in [-0.2, 0) is 11.2 Å². The van der Waals surface area contributed by atoms with Gasteiger partial charge in [0.1, 0.15) is 11.5 Å². The molecule has 4 heteroatoms. The molecule has 1 fully saturated rings. The molecule has 3 nitrogen and oxygen atoms in total. The summed E-state index contributed by atoms with van der Waals surface area (Å²) < 4.78 is 5.29. The summed E-state index contributed by atoms with van der Waals surface area (Å²) in [6.07, 6.45) is 1.32. The SMILES string of the molecule is COc1ccc(Cl)cc1CC(=O)C1CCNCC1C. The minimum atomic E-state index is 0.143. The van der Waals surface area contributed by atoms with Crippen molar-refractivity contribution in [2.45, 2.75) is 19.8 Å². The topological polar surface area (TPSA) is 38.3 Å². The summed E-state index contributed by atoms with van der Waals surface area (Å²) in [5, 5.41) is 3.96. The number of halogens is 1. The van der Waals surface area contributed by atoms with Crippen molar-refractivity contribution in [3.63, 3.8) is 0 Å². The van der Waals surface area contributed by atoms with Crippen molar-refractivity contribution < 1.29 is 9.53 Å². The lowest BCUT2D eigenvalue weighted by Gasteiger charge is -2.28. The molecule has 1 aromatic carbocycles. The maximum atomic E-state index is 12.4. The molecule has 2 rings (SSSR count). The van der Waals surface area contributed by atoms with Gasteiger partial charge in [0, 0.05) is 22.9 Å². The Bertz CT molecular complexity index is 461. The molecule has 1 aliphatic heterocycles. The van der Waals surface area contributed by atoms with Crippen LogP contribution in [0.1, 0.15) is 18.9 Å². The van der Waals surface area contributed by atoms with Gasteiger partial charge in [0.25, 0.3) is 0 Å². The number of Topliss-reactive ketones (excluding diaryl/α,β-unsaturated/α-hetero) is 1. The van der Waals surface area contributed by atoms with E-state index >= 15 is 0 Å². The summed E-state index contributed by atoms with van der Waals surface area (Å²) in [5.74, 6) is 1.56. The van der Waals surface area contributed by atoms with Gasteiger partial charge in [-0.1, -0.05) is 18.5 Å². The summed E-state index contributed by atoms with van der Waals surface area (Å²) >= 11 is 5.99. The minimum Gasteiger partial charge on any atom is -0.496 e. The predicted octanol–water partition coefficient (Wildman–Crippen LogP) is 2.71. The van der Waals surface area contributed by atoms with Gasteiger partial charge in [-0.05, 0) is 43.6 Å². The Morgan fingerprint density at radius 3 is 3.00 bits per heavy atom. The molecule has 2 unspecified atom stereocenters. The number of benzene rings is 1. The van der Waals surface area contributed by atoms with Gasteiger partial charge in [0.2, 0.25) is 0 Å². The molecule has 0 spiro atoms. The first-order valence-electron chi connectivity index (χ1n) is 6.67. The van der Waals surface area contributed by atoms with Crippen LogP contribution >= 0.6 is 11.6 Å². The lowest BCUT2D eigenvalue weighted by Crippen LogP contribution is -2.39. The van der Waals surface area contributed by atoms with Crippen LogP contribution in [0.15, 0.2) is 18.2 Å². The highest BCUT2D eigenvalue weighted by molar-refractivity contribution is 6.30. The van der Waals surface area contributed by atoms with E-state index in [0.29, 0.717) is 17.4 Å². The number of hydrogen-bond acceptors (Lipinski definition) is 3. The molecule has 0 amide bonds. The molecule has 1 heterocycles. The summed E-state index contributed by atoms with van der Waals surface area (Å²) in [7, 11) is 1.62. The Morgan fingerprint density at radius 2 is 2.32 bits per heavy atom. The summed E-state index contributed by atoms with van der Waals surface area (Å²) in [5.41, 5.74) is 0.880. The lowest BCUT2D eigenvalue weighted by atomic mass is 9.82. The van der Waals surface area contributed by atoms with Crippen molar-refractivity contribution in [1.29, 1.82) is 0 Å². The summed E-state index contributed by atoms with van der Waals surface area (Å²) in [6.45, 7) is 3.97. The Morgan fingerprint density at radius 1 is 1.53 bits per heavy atom. The number of nitrogens with one attached hydrogen (secondary N) is 1. The zero-order chi connectivity index (χ0) is 13.8. The number of methoxy groups -OCH3 is 1. The molecule has 1 aliphatic rings. The molecule has 0 saturated carbocycles. The van der Waals surface area contributed by atoms with Crippen LogP contribution in [0, 0.1) is 11.8 Å². The van der Waals surface area contributed by atoms with Crippen molar-refractivity contribution in [2.75, 3.05) is 20.2 Å². The third-order valence-electron chi connectivity index (χ3n) is 3.81. The number of carbonyl (C=O) groups is 1.